The van der Waals surface area contributed by atoms with E-state index >= 15 is 0 Å². The highest BCUT2D eigenvalue weighted by atomic mass is 35.5. The Bertz CT molecular complexity index is 1260. The maximum atomic E-state index is 14.0. The maximum Gasteiger partial charge on any atom is 0.338 e. The fourth-order valence-corrected chi connectivity index (χ4v) is 3.54. The highest BCUT2D eigenvalue weighted by Crippen LogP contribution is 2.37. The van der Waals surface area contributed by atoms with Gasteiger partial charge in [0.25, 0.3) is 5.89 Å². The highest BCUT2D eigenvalue weighted by Gasteiger charge is 2.20. The maximum absolute atomic E-state index is 14.0. The van der Waals surface area contributed by atoms with Gasteiger partial charge in [-0.2, -0.15) is 4.98 Å². The molecule has 3 aromatic carbocycles. The predicted octanol–water partition coefficient (Wildman–Crippen LogP) is 5.71. The molecular weight excluding hydrogens is 423 g/mol. The molecule has 0 aliphatic carbocycles. The van der Waals surface area contributed by atoms with Gasteiger partial charge in [0.05, 0.1) is 22.8 Å². The van der Waals surface area contributed by atoms with Gasteiger partial charge in [-0.15, -0.1) is 0 Å². The first-order valence-corrected chi connectivity index (χ1v) is 9.60. The summed E-state index contributed by atoms with van der Waals surface area (Å²) in [6, 6.07) is 17.1. The van der Waals surface area contributed by atoms with E-state index in [4.69, 9.17) is 26.0 Å². The van der Waals surface area contributed by atoms with Crippen LogP contribution in [0.15, 0.2) is 65.2 Å². The minimum absolute atomic E-state index is 0.113. The number of benzene rings is 3. The summed E-state index contributed by atoms with van der Waals surface area (Å²) in [6.07, 6.45) is 0. The Morgan fingerprint density at radius 1 is 1.10 bits per heavy atom. The van der Waals surface area contributed by atoms with Gasteiger partial charge in [0.15, 0.2) is 0 Å². The summed E-state index contributed by atoms with van der Waals surface area (Å²) in [5.41, 5.74) is 3.03. The Kier molecular flexibility index (Phi) is 5.79. The molecule has 0 atom stereocenters. The molecule has 0 spiro atoms. The van der Waals surface area contributed by atoms with Crippen LogP contribution in [0.25, 0.3) is 34.0 Å². The number of hydrogen-bond acceptors (Lipinski definition) is 5. The van der Waals surface area contributed by atoms with Crippen LogP contribution >= 0.6 is 11.6 Å². The zero-order valence-electron chi connectivity index (χ0n) is 16.3. The van der Waals surface area contributed by atoms with Crippen LogP contribution in [0.4, 0.5) is 4.39 Å². The molecule has 4 rings (SSSR count). The second-order valence-corrected chi connectivity index (χ2v) is 7.05. The summed E-state index contributed by atoms with van der Waals surface area (Å²) in [6.45, 7) is 0.278. The van der Waals surface area contributed by atoms with Gasteiger partial charge in [-0.3, -0.25) is 0 Å². The van der Waals surface area contributed by atoms with Crippen molar-refractivity contribution in [3.8, 4) is 34.0 Å². The van der Waals surface area contributed by atoms with E-state index in [1.54, 1.807) is 13.2 Å². The van der Waals surface area contributed by atoms with Crippen molar-refractivity contribution in [2.24, 2.45) is 0 Å². The molecule has 1 aromatic heterocycles. The lowest BCUT2D eigenvalue weighted by atomic mass is 9.97. The molecule has 0 saturated carbocycles. The normalized spacial score (nSPS) is 10.9. The molecule has 6 nitrogen and oxygen atoms in total. The van der Waals surface area contributed by atoms with Crippen molar-refractivity contribution in [1.82, 2.24) is 10.1 Å². The molecule has 0 unspecified atom stereocenters. The molecule has 31 heavy (non-hydrogen) atoms. The van der Waals surface area contributed by atoms with Gasteiger partial charge in [-0.05, 0) is 35.4 Å². The van der Waals surface area contributed by atoms with Crippen molar-refractivity contribution in [3.05, 3.63) is 82.6 Å². The fraction of sp³-hybridized carbons (Fsp3) is 0.0870. The smallest absolute Gasteiger partial charge is 0.338 e. The van der Waals surface area contributed by atoms with Crippen LogP contribution in [-0.4, -0.2) is 28.3 Å². The van der Waals surface area contributed by atoms with Crippen LogP contribution in [0.2, 0.25) is 5.02 Å². The highest BCUT2D eigenvalue weighted by molar-refractivity contribution is 6.34. The first kappa shape index (κ1) is 20.7. The molecule has 0 amide bonds. The van der Waals surface area contributed by atoms with E-state index in [-0.39, 0.29) is 23.9 Å². The number of carbonyl (C=O) groups is 1. The van der Waals surface area contributed by atoms with Gasteiger partial charge in [0.2, 0.25) is 5.82 Å². The van der Waals surface area contributed by atoms with Crippen LogP contribution in [0.5, 0.6) is 0 Å². The average molecular weight is 439 g/mol. The van der Waals surface area contributed by atoms with Gasteiger partial charge in [0.1, 0.15) is 5.82 Å². The molecule has 0 saturated heterocycles. The van der Waals surface area contributed by atoms with E-state index in [2.05, 4.69) is 10.1 Å². The Balaban J connectivity index is 1.74. The summed E-state index contributed by atoms with van der Waals surface area (Å²) in [7, 11) is 1.58. The van der Waals surface area contributed by atoms with Crippen molar-refractivity contribution in [2.45, 2.75) is 6.61 Å². The summed E-state index contributed by atoms with van der Waals surface area (Å²) < 4.78 is 24.7. The molecule has 156 valence electrons. The largest absolute Gasteiger partial charge is 0.478 e. The summed E-state index contributed by atoms with van der Waals surface area (Å²) >= 11 is 6.68. The second kappa shape index (κ2) is 8.67. The summed E-state index contributed by atoms with van der Waals surface area (Å²) in [5.74, 6) is -1.97. The summed E-state index contributed by atoms with van der Waals surface area (Å²) in [4.78, 5) is 15.3. The van der Waals surface area contributed by atoms with Gasteiger partial charge in [-0.1, -0.05) is 53.2 Å². The topological polar surface area (TPSA) is 85.5 Å². The molecule has 1 N–H and O–H groups in total. The van der Waals surface area contributed by atoms with Crippen molar-refractivity contribution >= 4 is 17.6 Å². The first-order chi connectivity index (χ1) is 15.0. The number of halogens is 2. The second-order valence-electron chi connectivity index (χ2n) is 6.68. The van der Waals surface area contributed by atoms with E-state index in [0.29, 0.717) is 10.6 Å². The fourth-order valence-electron chi connectivity index (χ4n) is 3.24. The van der Waals surface area contributed by atoms with Crippen molar-refractivity contribution in [2.75, 3.05) is 7.11 Å². The van der Waals surface area contributed by atoms with Crippen LogP contribution in [0.3, 0.4) is 0 Å². The van der Waals surface area contributed by atoms with Gasteiger partial charge >= 0.3 is 5.97 Å². The van der Waals surface area contributed by atoms with E-state index < -0.39 is 17.3 Å². The third kappa shape index (κ3) is 4.05. The lowest BCUT2D eigenvalue weighted by Gasteiger charge is -2.13. The Labute approximate surface area is 181 Å². The van der Waals surface area contributed by atoms with Crippen LogP contribution in [-0.2, 0) is 11.3 Å². The Hall–Kier alpha value is -3.55. The minimum atomic E-state index is -1.35. The number of ether oxygens (including phenoxy) is 1. The summed E-state index contributed by atoms with van der Waals surface area (Å²) in [5, 5.41) is 13.3. The number of aromatic carboxylic acids is 1. The molecule has 0 fully saturated rings. The monoisotopic (exact) mass is 438 g/mol. The predicted molar refractivity (Wildman–Crippen MR) is 113 cm³/mol. The number of methoxy groups -OCH3 is 1. The molecule has 0 aliphatic rings. The lowest BCUT2D eigenvalue weighted by molar-refractivity contribution is 0.0692. The third-order valence-electron chi connectivity index (χ3n) is 4.73. The number of aromatic nitrogens is 2. The van der Waals surface area contributed by atoms with E-state index in [0.717, 1.165) is 28.8 Å². The number of nitrogens with zero attached hydrogens (tertiary/aromatic N) is 2. The van der Waals surface area contributed by atoms with Crippen molar-refractivity contribution in [1.29, 1.82) is 0 Å². The van der Waals surface area contributed by atoms with Crippen LogP contribution < -0.4 is 0 Å². The quantitative estimate of drug-likeness (QED) is 0.415. The molecular formula is C23H16ClFN2O4. The van der Waals surface area contributed by atoms with Gasteiger partial charge < -0.3 is 14.4 Å². The zero-order chi connectivity index (χ0) is 22.0. The third-order valence-corrected chi connectivity index (χ3v) is 5.16. The average Bonchev–Trinajstić information content (AvgIpc) is 3.25. The molecule has 4 aromatic rings. The number of hydrogen-bond donors (Lipinski definition) is 1. The van der Waals surface area contributed by atoms with E-state index in [9.17, 15) is 9.18 Å². The van der Waals surface area contributed by atoms with Crippen molar-refractivity contribution in [3.63, 3.8) is 0 Å². The zero-order valence-corrected chi connectivity index (χ0v) is 17.1. The van der Waals surface area contributed by atoms with Crippen LogP contribution in [0, 0.1) is 5.82 Å². The SMILES string of the molecule is COCc1c(-c2ccccc2)ccc(-c2nc(-c3ccc(C(=O)O)c(F)c3)no2)c1Cl. The molecule has 0 radical (unpaired) electrons. The molecule has 8 heteroatoms. The number of carboxylic acids is 1. The molecule has 1 heterocycles. The molecule has 0 bridgehead atoms. The van der Waals surface area contributed by atoms with E-state index in [1.807, 2.05) is 36.4 Å². The minimum Gasteiger partial charge on any atom is -0.478 e. The number of rotatable bonds is 6. The van der Waals surface area contributed by atoms with Gasteiger partial charge in [0, 0.05) is 18.2 Å². The number of carboxylic acid groups (broad SMARTS) is 1. The van der Waals surface area contributed by atoms with Gasteiger partial charge in [-0.25, -0.2) is 9.18 Å². The lowest BCUT2D eigenvalue weighted by Crippen LogP contribution is -2.00. The molecule has 0 aliphatic heterocycles. The van der Waals surface area contributed by atoms with Crippen LogP contribution in [0.1, 0.15) is 15.9 Å². The van der Waals surface area contributed by atoms with Crippen molar-refractivity contribution < 1.29 is 23.6 Å². The Morgan fingerprint density at radius 2 is 1.84 bits per heavy atom. The standard InChI is InChI=1S/C23H16ClFN2O4/c1-30-12-18-15(13-5-3-2-4-6-13)9-10-17(20(18)24)22-26-21(27-31-22)14-7-8-16(23(28)29)19(25)11-14/h2-11H,12H2,1H3,(H,28,29). The Morgan fingerprint density at radius 3 is 2.52 bits per heavy atom. The first-order valence-electron chi connectivity index (χ1n) is 9.22. The van der Waals surface area contributed by atoms with E-state index in [1.165, 1.54) is 6.07 Å².